The number of rotatable bonds is 2. The van der Waals surface area contributed by atoms with Gasteiger partial charge < -0.3 is 9.84 Å². The molecule has 1 heterocycles. The number of hydrogen-bond acceptors (Lipinski definition) is 4. The first-order valence-electron chi connectivity index (χ1n) is 6.34. The Morgan fingerprint density at radius 2 is 2.05 bits per heavy atom. The Morgan fingerprint density at radius 1 is 1.42 bits per heavy atom. The molecule has 0 spiro atoms. The molecule has 0 aromatic rings. The van der Waals surface area contributed by atoms with E-state index in [-0.39, 0.29) is 12.8 Å². The van der Waals surface area contributed by atoms with E-state index >= 15 is 0 Å². The highest BCUT2D eigenvalue weighted by Gasteiger charge is 2.49. The number of carboxylic acid groups (broad SMARTS) is 1. The summed E-state index contributed by atoms with van der Waals surface area (Å²) >= 11 is 0. The van der Waals surface area contributed by atoms with Crippen LogP contribution in [0.4, 0.5) is 4.79 Å². The predicted octanol–water partition coefficient (Wildman–Crippen LogP) is 2.14. The largest absolute Gasteiger partial charge is 0.479 e. The predicted molar refractivity (Wildman–Crippen MR) is 67.4 cm³/mol. The van der Waals surface area contributed by atoms with E-state index in [1.165, 1.54) is 4.90 Å². The second-order valence-electron chi connectivity index (χ2n) is 5.76. The summed E-state index contributed by atoms with van der Waals surface area (Å²) in [5, 5.41) is 18.3. The molecule has 0 saturated carbocycles. The molecule has 0 aromatic heterocycles. The fourth-order valence-corrected chi connectivity index (χ4v) is 2.23. The van der Waals surface area contributed by atoms with Gasteiger partial charge in [-0.15, -0.1) is 0 Å². The number of ether oxygens (including phenoxy) is 1. The van der Waals surface area contributed by atoms with Gasteiger partial charge in [-0.25, -0.2) is 9.59 Å². The first-order valence-corrected chi connectivity index (χ1v) is 6.34. The van der Waals surface area contributed by atoms with Crippen LogP contribution >= 0.6 is 0 Å². The van der Waals surface area contributed by atoms with Crippen LogP contribution in [-0.4, -0.2) is 39.8 Å². The lowest BCUT2D eigenvalue weighted by Gasteiger charge is -2.42. The standard InChI is InChI=1S/C13H20N2O4/c1-12(2,3)19-11(18)15-9-5-4-6-13(15,7-8-14)10(16)17/h4-7,9H2,1-3H3,(H,16,17). The summed E-state index contributed by atoms with van der Waals surface area (Å²) < 4.78 is 5.24. The lowest BCUT2D eigenvalue weighted by atomic mass is 9.84. The number of amides is 1. The zero-order valence-electron chi connectivity index (χ0n) is 11.6. The van der Waals surface area contributed by atoms with Gasteiger partial charge >= 0.3 is 12.1 Å². The minimum atomic E-state index is -1.45. The fraction of sp³-hybridized carbons (Fsp3) is 0.769. The summed E-state index contributed by atoms with van der Waals surface area (Å²) in [5.41, 5.74) is -2.14. The van der Waals surface area contributed by atoms with Crippen molar-refractivity contribution in [1.29, 1.82) is 5.26 Å². The molecular weight excluding hydrogens is 248 g/mol. The lowest BCUT2D eigenvalue weighted by molar-refractivity contribution is -0.153. The van der Waals surface area contributed by atoms with E-state index in [0.717, 1.165) is 6.42 Å². The minimum Gasteiger partial charge on any atom is -0.479 e. The lowest BCUT2D eigenvalue weighted by Crippen LogP contribution is -2.60. The molecule has 1 fully saturated rings. The van der Waals surface area contributed by atoms with Crippen molar-refractivity contribution in [3.8, 4) is 6.07 Å². The molecule has 1 rings (SSSR count). The minimum absolute atomic E-state index is 0.221. The van der Waals surface area contributed by atoms with Gasteiger partial charge in [-0.05, 0) is 40.0 Å². The summed E-state index contributed by atoms with van der Waals surface area (Å²) in [5.74, 6) is -1.14. The Hall–Kier alpha value is -1.77. The quantitative estimate of drug-likeness (QED) is 0.828. The highest BCUT2D eigenvalue weighted by atomic mass is 16.6. The van der Waals surface area contributed by atoms with Crippen LogP contribution in [0.2, 0.25) is 0 Å². The molecule has 19 heavy (non-hydrogen) atoms. The third kappa shape index (κ3) is 3.37. The van der Waals surface area contributed by atoms with Crippen LogP contribution in [0.5, 0.6) is 0 Å². The number of carbonyl (C=O) groups excluding carboxylic acids is 1. The van der Waals surface area contributed by atoms with Crippen molar-refractivity contribution in [2.45, 2.75) is 57.6 Å². The van der Waals surface area contributed by atoms with Gasteiger partial charge in [0.05, 0.1) is 12.5 Å². The van der Waals surface area contributed by atoms with Crippen molar-refractivity contribution >= 4 is 12.1 Å². The van der Waals surface area contributed by atoms with Gasteiger partial charge in [-0.2, -0.15) is 5.26 Å². The van der Waals surface area contributed by atoms with Crippen molar-refractivity contribution in [2.24, 2.45) is 0 Å². The van der Waals surface area contributed by atoms with Crippen LogP contribution in [0, 0.1) is 11.3 Å². The molecule has 0 aromatic carbocycles. The van der Waals surface area contributed by atoms with E-state index in [2.05, 4.69) is 0 Å². The van der Waals surface area contributed by atoms with E-state index in [1.807, 2.05) is 6.07 Å². The summed E-state index contributed by atoms with van der Waals surface area (Å²) in [6.07, 6.45) is 0.814. The van der Waals surface area contributed by atoms with Crippen molar-refractivity contribution in [3.05, 3.63) is 0 Å². The summed E-state index contributed by atoms with van der Waals surface area (Å²) in [7, 11) is 0. The molecule has 1 atom stereocenters. The molecule has 1 amide bonds. The van der Waals surface area contributed by atoms with Crippen molar-refractivity contribution in [3.63, 3.8) is 0 Å². The van der Waals surface area contributed by atoms with E-state index < -0.39 is 23.2 Å². The second-order valence-corrected chi connectivity index (χ2v) is 5.76. The highest BCUT2D eigenvalue weighted by molar-refractivity contribution is 5.85. The van der Waals surface area contributed by atoms with Crippen molar-refractivity contribution < 1.29 is 19.4 Å². The summed E-state index contributed by atoms with van der Waals surface area (Å²) in [6, 6.07) is 1.88. The summed E-state index contributed by atoms with van der Waals surface area (Å²) in [4.78, 5) is 24.9. The molecule has 0 aliphatic carbocycles. The van der Waals surface area contributed by atoms with Gasteiger partial charge in [0, 0.05) is 6.54 Å². The van der Waals surface area contributed by atoms with Crippen LogP contribution in [0.3, 0.4) is 0 Å². The molecule has 1 saturated heterocycles. The molecule has 106 valence electrons. The van der Waals surface area contributed by atoms with E-state index in [4.69, 9.17) is 10.00 Å². The van der Waals surface area contributed by atoms with Gasteiger partial charge in [0.25, 0.3) is 0 Å². The molecule has 0 radical (unpaired) electrons. The molecule has 1 unspecified atom stereocenters. The highest BCUT2D eigenvalue weighted by Crippen LogP contribution is 2.33. The first-order chi connectivity index (χ1) is 8.73. The van der Waals surface area contributed by atoms with Gasteiger partial charge in [-0.1, -0.05) is 0 Å². The number of hydrogen-bond donors (Lipinski definition) is 1. The molecule has 0 bridgehead atoms. The Labute approximate surface area is 112 Å². The summed E-state index contributed by atoms with van der Waals surface area (Å²) in [6.45, 7) is 5.48. The normalized spacial score (nSPS) is 23.6. The first kappa shape index (κ1) is 15.3. The molecule has 1 aliphatic heterocycles. The molecular formula is C13H20N2O4. The Balaban J connectivity index is 3.03. The maximum Gasteiger partial charge on any atom is 0.411 e. The Morgan fingerprint density at radius 3 is 2.53 bits per heavy atom. The van der Waals surface area contributed by atoms with Crippen LogP contribution in [0.1, 0.15) is 46.5 Å². The molecule has 6 heteroatoms. The van der Waals surface area contributed by atoms with E-state index in [0.29, 0.717) is 13.0 Å². The monoisotopic (exact) mass is 268 g/mol. The number of nitriles is 1. The third-order valence-electron chi connectivity index (χ3n) is 3.12. The molecule has 1 aliphatic rings. The number of nitrogens with zero attached hydrogens (tertiary/aromatic N) is 2. The zero-order valence-corrected chi connectivity index (χ0v) is 11.6. The van der Waals surface area contributed by atoms with Crippen molar-refractivity contribution in [1.82, 2.24) is 4.90 Å². The number of carboxylic acids is 1. The number of likely N-dealkylation sites (tertiary alicyclic amines) is 1. The van der Waals surface area contributed by atoms with E-state index in [1.54, 1.807) is 20.8 Å². The molecule has 1 N–H and O–H groups in total. The fourth-order valence-electron chi connectivity index (χ4n) is 2.23. The third-order valence-corrected chi connectivity index (χ3v) is 3.12. The van der Waals surface area contributed by atoms with Gasteiger partial charge in [0.15, 0.2) is 5.54 Å². The number of carbonyl (C=O) groups is 2. The maximum atomic E-state index is 12.1. The zero-order chi connectivity index (χ0) is 14.7. The number of aliphatic carboxylic acids is 1. The maximum absolute atomic E-state index is 12.1. The molecule has 6 nitrogen and oxygen atoms in total. The number of piperidine rings is 1. The van der Waals surface area contributed by atoms with Gasteiger partial charge in [0.2, 0.25) is 0 Å². The van der Waals surface area contributed by atoms with Gasteiger partial charge in [0.1, 0.15) is 5.60 Å². The van der Waals surface area contributed by atoms with Crippen LogP contribution in [0.25, 0.3) is 0 Å². The average Bonchev–Trinajstić information content (AvgIpc) is 2.27. The smallest absolute Gasteiger partial charge is 0.411 e. The Bertz CT molecular complexity index is 408. The topological polar surface area (TPSA) is 90.6 Å². The average molecular weight is 268 g/mol. The SMILES string of the molecule is CC(C)(C)OC(=O)N1CCCCC1(CC#N)C(=O)O. The van der Waals surface area contributed by atoms with Crippen LogP contribution < -0.4 is 0 Å². The van der Waals surface area contributed by atoms with E-state index in [9.17, 15) is 14.7 Å². The van der Waals surface area contributed by atoms with Gasteiger partial charge in [-0.3, -0.25) is 4.90 Å². The Kier molecular flexibility index (Phi) is 4.40. The second kappa shape index (κ2) is 5.47. The van der Waals surface area contributed by atoms with Crippen molar-refractivity contribution in [2.75, 3.05) is 6.54 Å². The van der Waals surface area contributed by atoms with Crippen LogP contribution in [-0.2, 0) is 9.53 Å². The van der Waals surface area contributed by atoms with Crippen LogP contribution in [0.15, 0.2) is 0 Å².